The van der Waals surface area contributed by atoms with Crippen molar-refractivity contribution in [1.29, 1.82) is 0 Å². The van der Waals surface area contributed by atoms with Gasteiger partial charge < -0.3 is 15.3 Å². The molecule has 0 aliphatic carbocycles. The molecular weight excluding hydrogens is 232 g/mol. The number of aliphatic carboxylic acids is 1. The summed E-state index contributed by atoms with van der Waals surface area (Å²) in [6.45, 7) is 8.35. The van der Waals surface area contributed by atoms with Gasteiger partial charge >= 0.3 is 12.0 Å². The van der Waals surface area contributed by atoms with Crippen molar-refractivity contribution in [2.24, 2.45) is 5.92 Å². The summed E-state index contributed by atoms with van der Waals surface area (Å²) in [7, 11) is 0. The minimum absolute atomic E-state index is 0.00711. The lowest BCUT2D eigenvalue weighted by Gasteiger charge is -2.29. The van der Waals surface area contributed by atoms with Crippen molar-refractivity contribution in [3.63, 3.8) is 0 Å². The molecule has 0 aromatic carbocycles. The van der Waals surface area contributed by atoms with Crippen LogP contribution in [-0.4, -0.2) is 40.6 Å². The van der Waals surface area contributed by atoms with E-state index in [0.29, 0.717) is 12.5 Å². The van der Waals surface area contributed by atoms with E-state index in [4.69, 9.17) is 11.5 Å². The van der Waals surface area contributed by atoms with Crippen molar-refractivity contribution in [3.8, 4) is 12.3 Å². The predicted molar refractivity (Wildman–Crippen MR) is 70.1 cm³/mol. The van der Waals surface area contributed by atoms with Gasteiger partial charge in [-0.05, 0) is 19.8 Å². The topological polar surface area (TPSA) is 69.6 Å². The lowest BCUT2D eigenvalue weighted by atomic mass is 10.2. The van der Waals surface area contributed by atoms with Gasteiger partial charge in [0.05, 0.1) is 0 Å². The predicted octanol–water partition coefficient (Wildman–Crippen LogP) is 1.54. The molecule has 0 radical (unpaired) electrons. The van der Waals surface area contributed by atoms with Gasteiger partial charge in [0.1, 0.15) is 6.04 Å². The van der Waals surface area contributed by atoms with Gasteiger partial charge in [-0.1, -0.05) is 13.8 Å². The van der Waals surface area contributed by atoms with Crippen LogP contribution in [0.3, 0.4) is 0 Å². The Kier molecular flexibility index (Phi) is 6.88. The summed E-state index contributed by atoms with van der Waals surface area (Å²) in [6, 6.07) is -1.41. The number of carbonyl (C=O) groups is 2. The fourth-order valence-corrected chi connectivity index (χ4v) is 1.47. The summed E-state index contributed by atoms with van der Waals surface area (Å²) in [6.07, 6.45) is 5.06. The molecule has 0 aromatic rings. The molecule has 18 heavy (non-hydrogen) atoms. The molecule has 0 spiro atoms. The number of hydrogen-bond donors (Lipinski definition) is 2. The van der Waals surface area contributed by atoms with Crippen LogP contribution < -0.4 is 5.32 Å². The summed E-state index contributed by atoms with van der Waals surface area (Å²) in [5.74, 6) is 1.45. The zero-order chi connectivity index (χ0) is 14.3. The molecule has 0 saturated carbocycles. The summed E-state index contributed by atoms with van der Waals surface area (Å²) in [5.41, 5.74) is 0. The van der Waals surface area contributed by atoms with Crippen LogP contribution in [0.25, 0.3) is 0 Å². The highest BCUT2D eigenvalue weighted by atomic mass is 16.4. The van der Waals surface area contributed by atoms with E-state index in [2.05, 4.69) is 11.2 Å². The van der Waals surface area contributed by atoms with Crippen LogP contribution in [-0.2, 0) is 4.79 Å². The van der Waals surface area contributed by atoms with Crippen LogP contribution in [0.1, 0.15) is 34.1 Å². The van der Waals surface area contributed by atoms with Gasteiger partial charge in [0.25, 0.3) is 0 Å². The lowest BCUT2D eigenvalue weighted by Crippen LogP contribution is -2.51. The molecule has 0 aliphatic heterocycles. The molecular formula is C13H22N2O3. The highest BCUT2D eigenvalue weighted by molar-refractivity contribution is 5.82. The van der Waals surface area contributed by atoms with Crippen LogP contribution in [0.5, 0.6) is 0 Å². The second-order valence-corrected chi connectivity index (χ2v) is 4.89. The van der Waals surface area contributed by atoms with Crippen molar-refractivity contribution in [2.75, 3.05) is 6.54 Å². The highest BCUT2D eigenvalue weighted by Crippen LogP contribution is 2.05. The maximum atomic E-state index is 12.0. The Hall–Kier alpha value is -1.70. The van der Waals surface area contributed by atoms with Crippen LogP contribution in [0.15, 0.2) is 0 Å². The largest absolute Gasteiger partial charge is 0.480 e. The Labute approximate surface area is 109 Å². The minimum Gasteiger partial charge on any atom is -0.480 e. The van der Waals surface area contributed by atoms with Crippen molar-refractivity contribution in [1.82, 2.24) is 10.2 Å². The molecule has 0 aliphatic rings. The standard InChI is InChI=1S/C13H22N2O3/c1-6-7-11(12(16)17)14-13(18)15(10(4)5)8-9(2)3/h1,9-11H,7-8H2,2-5H3,(H,14,18)(H,16,17). The summed E-state index contributed by atoms with van der Waals surface area (Å²) < 4.78 is 0. The fraction of sp³-hybridized carbons (Fsp3) is 0.692. The third-order valence-electron chi connectivity index (χ3n) is 2.36. The SMILES string of the molecule is C#CCC(NC(=O)N(CC(C)C)C(C)C)C(=O)O. The Bertz CT molecular complexity index is 332. The molecule has 1 atom stereocenters. The minimum atomic E-state index is -1.12. The van der Waals surface area contributed by atoms with E-state index < -0.39 is 12.0 Å². The smallest absolute Gasteiger partial charge is 0.327 e. The molecule has 5 nitrogen and oxygen atoms in total. The zero-order valence-electron chi connectivity index (χ0n) is 11.4. The monoisotopic (exact) mass is 254 g/mol. The van der Waals surface area contributed by atoms with Crippen molar-refractivity contribution >= 4 is 12.0 Å². The molecule has 5 heteroatoms. The van der Waals surface area contributed by atoms with E-state index >= 15 is 0 Å². The normalized spacial score (nSPS) is 12.1. The van der Waals surface area contributed by atoms with Crippen LogP contribution in [0.4, 0.5) is 4.79 Å². The first-order valence-corrected chi connectivity index (χ1v) is 6.03. The number of amides is 2. The number of carboxylic acid groups (broad SMARTS) is 1. The zero-order valence-corrected chi connectivity index (χ0v) is 11.4. The van der Waals surface area contributed by atoms with Gasteiger partial charge in [-0.2, -0.15) is 0 Å². The molecule has 0 heterocycles. The van der Waals surface area contributed by atoms with Gasteiger partial charge in [-0.15, -0.1) is 12.3 Å². The first-order chi connectivity index (χ1) is 8.29. The number of nitrogens with zero attached hydrogens (tertiary/aromatic N) is 1. The maximum Gasteiger partial charge on any atom is 0.327 e. The van der Waals surface area contributed by atoms with E-state index in [1.807, 2.05) is 27.7 Å². The third-order valence-corrected chi connectivity index (χ3v) is 2.36. The van der Waals surface area contributed by atoms with E-state index in [1.54, 1.807) is 4.90 Å². The number of terminal acetylenes is 1. The maximum absolute atomic E-state index is 12.0. The second kappa shape index (κ2) is 7.59. The Balaban J connectivity index is 4.67. The average molecular weight is 254 g/mol. The Morgan fingerprint density at radius 1 is 1.33 bits per heavy atom. The van der Waals surface area contributed by atoms with Crippen LogP contribution in [0, 0.1) is 18.3 Å². The second-order valence-electron chi connectivity index (χ2n) is 4.89. The molecule has 0 fully saturated rings. The van der Waals surface area contributed by atoms with Gasteiger partial charge in [-0.3, -0.25) is 0 Å². The van der Waals surface area contributed by atoms with Crippen LogP contribution >= 0.6 is 0 Å². The quantitative estimate of drug-likeness (QED) is 0.706. The van der Waals surface area contributed by atoms with E-state index in [1.165, 1.54) is 0 Å². The molecule has 102 valence electrons. The van der Waals surface area contributed by atoms with E-state index in [0.717, 1.165) is 0 Å². The summed E-state index contributed by atoms with van der Waals surface area (Å²) in [4.78, 5) is 24.5. The molecule has 2 amide bonds. The number of hydrogen-bond acceptors (Lipinski definition) is 2. The third kappa shape index (κ3) is 5.58. The molecule has 0 saturated heterocycles. The van der Waals surface area contributed by atoms with Crippen molar-refractivity contribution in [3.05, 3.63) is 0 Å². The van der Waals surface area contributed by atoms with Crippen molar-refractivity contribution < 1.29 is 14.7 Å². The van der Waals surface area contributed by atoms with Gasteiger partial charge in [0.2, 0.25) is 0 Å². The summed E-state index contributed by atoms with van der Waals surface area (Å²) in [5, 5.41) is 11.4. The van der Waals surface area contributed by atoms with Crippen molar-refractivity contribution in [2.45, 2.75) is 46.2 Å². The van der Waals surface area contributed by atoms with Gasteiger partial charge in [0, 0.05) is 19.0 Å². The Morgan fingerprint density at radius 2 is 1.89 bits per heavy atom. The molecule has 0 aromatic heterocycles. The van der Waals surface area contributed by atoms with E-state index in [-0.39, 0.29) is 18.5 Å². The van der Waals surface area contributed by atoms with E-state index in [9.17, 15) is 9.59 Å². The Morgan fingerprint density at radius 3 is 2.22 bits per heavy atom. The number of rotatable bonds is 6. The van der Waals surface area contributed by atoms with Gasteiger partial charge in [0.15, 0.2) is 0 Å². The van der Waals surface area contributed by atoms with Crippen LogP contribution in [0.2, 0.25) is 0 Å². The highest BCUT2D eigenvalue weighted by Gasteiger charge is 2.24. The molecule has 1 unspecified atom stereocenters. The molecule has 0 bridgehead atoms. The molecule has 2 N–H and O–H groups in total. The number of urea groups is 1. The first kappa shape index (κ1) is 16.3. The lowest BCUT2D eigenvalue weighted by molar-refractivity contribution is -0.139. The number of carboxylic acids is 1. The first-order valence-electron chi connectivity index (χ1n) is 6.03. The fourth-order valence-electron chi connectivity index (χ4n) is 1.47. The molecule has 0 rings (SSSR count). The number of carbonyl (C=O) groups excluding carboxylic acids is 1. The van der Waals surface area contributed by atoms with Gasteiger partial charge in [-0.25, -0.2) is 9.59 Å². The summed E-state index contributed by atoms with van der Waals surface area (Å²) >= 11 is 0. The average Bonchev–Trinajstić information content (AvgIpc) is 2.24. The number of nitrogens with one attached hydrogen (secondary N) is 1.